The van der Waals surface area contributed by atoms with Gasteiger partial charge >= 0.3 is 0 Å². The summed E-state index contributed by atoms with van der Waals surface area (Å²) in [5.74, 6) is -1.25. The third kappa shape index (κ3) is 2.75. The van der Waals surface area contributed by atoms with Gasteiger partial charge in [-0.05, 0) is 41.9 Å². The fourth-order valence-corrected chi connectivity index (χ4v) is 2.67. The van der Waals surface area contributed by atoms with Gasteiger partial charge in [-0.3, -0.25) is 14.4 Å². The molecule has 1 aromatic carbocycles. The number of nitrogens with one attached hydrogen (secondary N) is 1. The molecule has 1 N–H and O–H groups in total. The first-order valence-corrected chi connectivity index (χ1v) is 7.15. The van der Waals surface area contributed by atoms with Gasteiger partial charge in [-0.15, -0.1) is 0 Å². The summed E-state index contributed by atoms with van der Waals surface area (Å²) in [7, 11) is 0. The minimum absolute atomic E-state index is 0.0554. The highest BCUT2D eigenvalue weighted by molar-refractivity contribution is 9.10. The molecule has 0 bridgehead atoms. The van der Waals surface area contributed by atoms with Crippen LogP contribution in [0.4, 0.5) is 5.69 Å². The molecule has 1 aliphatic heterocycles. The minimum atomic E-state index is -0.579. The number of hydrogen-bond donors (Lipinski definition) is 1. The van der Waals surface area contributed by atoms with Gasteiger partial charge in [0.05, 0.1) is 11.3 Å². The second-order valence-electron chi connectivity index (χ2n) is 4.89. The highest BCUT2D eigenvalue weighted by Gasteiger charge is 2.37. The molecule has 0 fully saturated rings. The van der Waals surface area contributed by atoms with Crippen LogP contribution in [0, 0.1) is 0 Å². The lowest BCUT2D eigenvalue weighted by Crippen LogP contribution is -2.36. The van der Waals surface area contributed by atoms with E-state index in [0.717, 1.165) is 0 Å². The lowest BCUT2D eigenvalue weighted by atomic mass is 10.1. The maximum absolute atomic E-state index is 12.0. The predicted octanol–water partition coefficient (Wildman–Crippen LogP) is 1.89. The van der Waals surface area contributed by atoms with E-state index in [-0.39, 0.29) is 24.9 Å². The number of anilines is 1. The van der Waals surface area contributed by atoms with Gasteiger partial charge in [0.15, 0.2) is 0 Å². The second kappa shape index (κ2) is 5.75. The standard InChI is InChI=1S/C14H15BrN2O3/c1-8(2)16-11(18)6-7-17-10-5-3-4-9(15)12(10)13(19)14(17)20/h3-5,8H,6-7H2,1-2H3,(H,16,18). The zero-order chi connectivity index (χ0) is 14.9. The molecule has 0 aliphatic carbocycles. The monoisotopic (exact) mass is 338 g/mol. The number of Topliss-reactive ketones (excluding diaryl/α,β-unsaturated/α-hetero) is 1. The van der Waals surface area contributed by atoms with Gasteiger partial charge in [-0.2, -0.15) is 0 Å². The molecule has 2 rings (SSSR count). The second-order valence-corrected chi connectivity index (χ2v) is 5.75. The molecule has 0 saturated heterocycles. The van der Waals surface area contributed by atoms with E-state index < -0.39 is 11.7 Å². The average molecular weight is 339 g/mol. The maximum Gasteiger partial charge on any atom is 0.299 e. The van der Waals surface area contributed by atoms with Gasteiger partial charge in [0.2, 0.25) is 5.91 Å². The van der Waals surface area contributed by atoms with Gasteiger partial charge in [0, 0.05) is 23.5 Å². The molecule has 1 heterocycles. The number of fused-ring (bicyclic) bond motifs is 1. The zero-order valence-electron chi connectivity index (χ0n) is 11.3. The number of nitrogens with zero attached hydrogens (tertiary/aromatic N) is 1. The van der Waals surface area contributed by atoms with E-state index in [9.17, 15) is 14.4 Å². The number of ketones is 1. The summed E-state index contributed by atoms with van der Waals surface area (Å²) >= 11 is 3.28. The molecule has 106 valence electrons. The van der Waals surface area contributed by atoms with Crippen molar-refractivity contribution in [3.63, 3.8) is 0 Å². The normalized spacial score (nSPS) is 13.9. The van der Waals surface area contributed by atoms with E-state index in [2.05, 4.69) is 21.2 Å². The van der Waals surface area contributed by atoms with Crippen LogP contribution in [0.3, 0.4) is 0 Å². The Labute approximate surface area is 125 Å². The zero-order valence-corrected chi connectivity index (χ0v) is 12.9. The van der Waals surface area contributed by atoms with Crippen LogP contribution in [0.5, 0.6) is 0 Å². The summed E-state index contributed by atoms with van der Waals surface area (Å²) < 4.78 is 0.600. The lowest BCUT2D eigenvalue weighted by molar-refractivity contribution is -0.121. The third-order valence-electron chi connectivity index (χ3n) is 2.96. The van der Waals surface area contributed by atoms with Gasteiger partial charge < -0.3 is 10.2 Å². The molecule has 5 nitrogen and oxygen atoms in total. The molecule has 0 saturated carbocycles. The van der Waals surface area contributed by atoms with Crippen molar-refractivity contribution < 1.29 is 14.4 Å². The Morgan fingerprint density at radius 1 is 1.35 bits per heavy atom. The van der Waals surface area contributed by atoms with Gasteiger partial charge in [0.25, 0.3) is 11.7 Å². The highest BCUT2D eigenvalue weighted by Crippen LogP contribution is 2.34. The van der Waals surface area contributed by atoms with Crippen molar-refractivity contribution in [1.29, 1.82) is 0 Å². The highest BCUT2D eigenvalue weighted by atomic mass is 79.9. The van der Waals surface area contributed by atoms with Crippen molar-refractivity contribution in [1.82, 2.24) is 5.32 Å². The SMILES string of the molecule is CC(C)NC(=O)CCN1C(=O)C(=O)c2c(Br)cccc21. The summed E-state index contributed by atoms with van der Waals surface area (Å²) in [5, 5.41) is 2.76. The third-order valence-corrected chi connectivity index (χ3v) is 3.62. The molecule has 1 aromatic rings. The first-order chi connectivity index (χ1) is 9.41. The molecular formula is C14H15BrN2O3. The van der Waals surface area contributed by atoms with Crippen LogP contribution in [-0.4, -0.2) is 30.2 Å². The summed E-state index contributed by atoms with van der Waals surface area (Å²) in [4.78, 5) is 36.9. The van der Waals surface area contributed by atoms with Gasteiger partial charge in [-0.1, -0.05) is 6.07 Å². The van der Waals surface area contributed by atoms with Crippen LogP contribution in [0.2, 0.25) is 0 Å². The Hall–Kier alpha value is -1.69. The molecular weight excluding hydrogens is 324 g/mol. The first-order valence-electron chi connectivity index (χ1n) is 6.36. The van der Waals surface area contributed by atoms with Crippen LogP contribution in [0.25, 0.3) is 0 Å². The van der Waals surface area contributed by atoms with Crippen LogP contribution in [-0.2, 0) is 9.59 Å². The molecule has 1 aliphatic rings. The summed E-state index contributed by atoms with van der Waals surface area (Å²) in [6, 6.07) is 5.25. The molecule has 2 amide bonds. The average Bonchev–Trinajstić information content (AvgIpc) is 2.60. The predicted molar refractivity (Wildman–Crippen MR) is 78.7 cm³/mol. The van der Waals surface area contributed by atoms with Crippen molar-refractivity contribution in [2.45, 2.75) is 26.3 Å². The Morgan fingerprint density at radius 2 is 2.05 bits per heavy atom. The van der Waals surface area contributed by atoms with Crippen LogP contribution in [0.15, 0.2) is 22.7 Å². The lowest BCUT2D eigenvalue weighted by Gasteiger charge is -2.16. The van der Waals surface area contributed by atoms with Crippen LogP contribution >= 0.6 is 15.9 Å². The van der Waals surface area contributed by atoms with Crippen LogP contribution in [0.1, 0.15) is 30.6 Å². The smallest absolute Gasteiger partial charge is 0.299 e. The van der Waals surface area contributed by atoms with Crippen LogP contribution < -0.4 is 10.2 Å². The van der Waals surface area contributed by atoms with Gasteiger partial charge in [0.1, 0.15) is 0 Å². The summed E-state index contributed by atoms with van der Waals surface area (Å²) in [5.41, 5.74) is 0.938. The minimum Gasteiger partial charge on any atom is -0.354 e. The van der Waals surface area contributed by atoms with E-state index in [4.69, 9.17) is 0 Å². The molecule has 20 heavy (non-hydrogen) atoms. The molecule has 0 spiro atoms. The van der Waals surface area contributed by atoms with Crippen molar-refractivity contribution in [2.24, 2.45) is 0 Å². The Bertz CT molecular complexity index is 584. The van der Waals surface area contributed by atoms with E-state index in [1.807, 2.05) is 13.8 Å². The van der Waals surface area contributed by atoms with Gasteiger partial charge in [-0.25, -0.2) is 0 Å². The number of carbonyl (C=O) groups excluding carboxylic acids is 3. The Morgan fingerprint density at radius 3 is 2.70 bits per heavy atom. The number of hydrogen-bond acceptors (Lipinski definition) is 3. The molecule has 0 atom stereocenters. The summed E-state index contributed by atoms with van der Waals surface area (Å²) in [6.45, 7) is 3.94. The fourth-order valence-electron chi connectivity index (χ4n) is 2.13. The fraction of sp³-hybridized carbons (Fsp3) is 0.357. The number of rotatable bonds is 4. The Kier molecular flexibility index (Phi) is 4.23. The summed E-state index contributed by atoms with van der Waals surface area (Å²) in [6.07, 6.45) is 0.170. The molecule has 0 aromatic heterocycles. The van der Waals surface area contributed by atoms with Crippen molar-refractivity contribution in [3.05, 3.63) is 28.2 Å². The number of benzene rings is 1. The molecule has 0 radical (unpaired) electrons. The largest absolute Gasteiger partial charge is 0.354 e. The number of carbonyl (C=O) groups is 3. The van der Waals surface area contributed by atoms with E-state index in [1.54, 1.807) is 18.2 Å². The quantitative estimate of drug-likeness (QED) is 0.852. The van der Waals surface area contributed by atoms with E-state index in [0.29, 0.717) is 15.7 Å². The van der Waals surface area contributed by atoms with Crippen molar-refractivity contribution in [2.75, 3.05) is 11.4 Å². The van der Waals surface area contributed by atoms with Crippen molar-refractivity contribution >= 4 is 39.2 Å². The molecule has 6 heteroatoms. The molecule has 0 unspecified atom stereocenters. The number of amides is 2. The van der Waals surface area contributed by atoms with E-state index in [1.165, 1.54) is 4.90 Å². The van der Waals surface area contributed by atoms with E-state index >= 15 is 0 Å². The maximum atomic E-state index is 12.0. The Balaban J connectivity index is 2.15. The first kappa shape index (κ1) is 14.7. The topological polar surface area (TPSA) is 66.5 Å². The van der Waals surface area contributed by atoms with Crippen molar-refractivity contribution in [3.8, 4) is 0 Å². The number of halogens is 1.